The highest BCUT2D eigenvalue weighted by Gasteiger charge is 2.41. The smallest absolute Gasteiger partial charge is 0.0789 e. The lowest BCUT2D eigenvalue weighted by molar-refractivity contribution is -0.948. The molecule has 0 unspecified atom stereocenters. The molecule has 0 aromatic rings. The van der Waals surface area contributed by atoms with Gasteiger partial charge in [-0.25, -0.2) is 0 Å². The number of hydrogen-bond acceptors (Lipinski definition) is 0. The zero-order valence-electron chi connectivity index (χ0n) is 13.9. The highest BCUT2D eigenvalue weighted by Crippen LogP contribution is 2.35. The summed E-state index contributed by atoms with van der Waals surface area (Å²) in [4.78, 5) is 0. The minimum atomic E-state index is 0. The summed E-state index contributed by atoms with van der Waals surface area (Å²) in [6, 6.07) is 0. The number of fused-ring (bicyclic) bond motifs is 6. The predicted octanol–water partition coefficient (Wildman–Crippen LogP) is 2.20. The zero-order chi connectivity index (χ0) is 13.5. The lowest BCUT2D eigenvalue weighted by atomic mass is 9.85. The van der Waals surface area contributed by atoms with Gasteiger partial charge in [0.25, 0.3) is 0 Å². The molecule has 4 bridgehead atoms. The lowest BCUT2D eigenvalue weighted by Gasteiger charge is -2.50. The summed E-state index contributed by atoms with van der Waals surface area (Å²) in [5, 5.41) is 0. The van der Waals surface area contributed by atoms with Gasteiger partial charge in [0.15, 0.2) is 0 Å². The number of piperidine rings is 6. The van der Waals surface area contributed by atoms with Crippen molar-refractivity contribution >= 4 is 0 Å². The van der Waals surface area contributed by atoms with Crippen molar-refractivity contribution in [2.45, 2.75) is 51.4 Å². The molecular weight excluding hydrogens is 260 g/mol. The molecule has 0 amide bonds. The molecule has 0 aliphatic carbocycles. The predicted molar refractivity (Wildman–Crippen MR) is 87.0 cm³/mol. The topological polar surface area (TPSA) is 31.5 Å². The number of hydrogen-bond donors (Lipinski definition) is 0. The molecule has 122 valence electrons. The summed E-state index contributed by atoms with van der Waals surface area (Å²) in [6.45, 7) is 12.1. The van der Waals surface area contributed by atoms with E-state index in [1.54, 1.807) is 38.5 Å². The van der Waals surface area contributed by atoms with Crippen molar-refractivity contribution in [1.82, 2.24) is 0 Å². The minimum Gasteiger partial charge on any atom is -0.412 e. The molecule has 0 radical (unpaired) electrons. The summed E-state index contributed by atoms with van der Waals surface area (Å²) in [5.41, 5.74) is 0. The Hall–Kier alpha value is -0.120. The second-order valence-corrected chi connectivity index (χ2v) is 8.64. The number of quaternary nitrogens is 2. The standard InChI is InChI=1S/C18H34N2.H2O/c1(9-19-11-3-17(4-12-19)5-13-19)2-10-20-14-6-18(7-15-20)8-16-20;/h17-18H,1-16H2;1H2/q+2;. The van der Waals surface area contributed by atoms with Crippen molar-refractivity contribution in [1.29, 1.82) is 0 Å². The van der Waals surface area contributed by atoms with Crippen LogP contribution in [0.25, 0.3) is 0 Å². The number of rotatable bonds is 5. The maximum atomic E-state index is 1.54. The van der Waals surface area contributed by atoms with E-state index in [9.17, 15) is 0 Å². The fourth-order valence-corrected chi connectivity index (χ4v) is 5.84. The normalized spacial score (nSPS) is 44.6. The molecule has 6 fully saturated rings. The third-order valence-corrected chi connectivity index (χ3v) is 7.59. The molecule has 21 heavy (non-hydrogen) atoms. The second kappa shape index (κ2) is 6.17. The van der Waals surface area contributed by atoms with Crippen LogP contribution in [0.5, 0.6) is 0 Å². The summed E-state index contributed by atoms with van der Waals surface area (Å²) >= 11 is 0. The average molecular weight is 296 g/mol. The van der Waals surface area contributed by atoms with E-state index < -0.39 is 0 Å². The molecule has 3 nitrogen and oxygen atoms in total. The van der Waals surface area contributed by atoms with Crippen LogP contribution in [0.4, 0.5) is 0 Å². The first kappa shape index (κ1) is 15.8. The van der Waals surface area contributed by atoms with Gasteiger partial charge >= 0.3 is 0 Å². The minimum absolute atomic E-state index is 0. The first-order valence-corrected chi connectivity index (χ1v) is 9.48. The molecule has 6 heterocycles. The molecule has 3 heteroatoms. The van der Waals surface area contributed by atoms with Crippen LogP contribution in [-0.4, -0.2) is 66.8 Å². The van der Waals surface area contributed by atoms with Gasteiger partial charge in [-0.1, -0.05) is 0 Å². The van der Waals surface area contributed by atoms with Gasteiger partial charge in [0.05, 0.1) is 52.4 Å². The van der Waals surface area contributed by atoms with Crippen molar-refractivity contribution in [2.75, 3.05) is 52.4 Å². The van der Waals surface area contributed by atoms with Gasteiger partial charge < -0.3 is 14.4 Å². The molecule has 6 aliphatic heterocycles. The van der Waals surface area contributed by atoms with Crippen LogP contribution < -0.4 is 0 Å². The fourth-order valence-electron chi connectivity index (χ4n) is 5.84. The molecule has 0 saturated carbocycles. The van der Waals surface area contributed by atoms with Crippen LogP contribution in [0, 0.1) is 11.8 Å². The van der Waals surface area contributed by atoms with E-state index in [-0.39, 0.29) is 5.48 Å². The lowest BCUT2D eigenvalue weighted by Crippen LogP contribution is -2.59. The summed E-state index contributed by atoms with van der Waals surface area (Å²) < 4.78 is 3.02. The fraction of sp³-hybridized carbons (Fsp3) is 1.00. The van der Waals surface area contributed by atoms with Gasteiger partial charge in [-0.05, 0) is 50.4 Å². The van der Waals surface area contributed by atoms with Crippen molar-refractivity contribution in [3.8, 4) is 0 Å². The molecule has 0 atom stereocenters. The first-order valence-electron chi connectivity index (χ1n) is 9.48. The third-order valence-electron chi connectivity index (χ3n) is 7.59. The molecule has 6 saturated heterocycles. The molecule has 0 aromatic heterocycles. The van der Waals surface area contributed by atoms with Gasteiger partial charge in [-0.3, -0.25) is 0 Å². The van der Waals surface area contributed by atoms with Crippen LogP contribution in [-0.2, 0) is 0 Å². The van der Waals surface area contributed by atoms with E-state index >= 15 is 0 Å². The quantitative estimate of drug-likeness (QED) is 0.550. The monoisotopic (exact) mass is 296 g/mol. The van der Waals surface area contributed by atoms with E-state index in [0.29, 0.717) is 0 Å². The van der Waals surface area contributed by atoms with Gasteiger partial charge in [0.2, 0.25) is 0 Å². The second-order valence-electron chi connectivity index (χ2n) is 8.64. The van der Waals surface area contributed by atoms with Crippen LogP contribution in [0.1, 0.15) is 51.4 Å². The summed E-state index contributed by atoms with van der Waals surface area (Å²) in [6.07, 6.45) is 12.3. The largest absolute Gasteiger partial charge is 0.412 e. The molecule has 6 aliphatic rings. The van der Waals surface area contributed by atoms with Gasteiger partial charge in [0, 0.05) is 12.8 Å². The maximum absolute atomic E-state index is 1.54. The van der Waals surface area contributed by atoms with Crippen molar-refractivity contribution in [3.63, 3.8) is 0 Å². The van der Waals surface area contributed by atoms with Crippen LogP contribution in [0.2, 0.25) is 0 Å². The van der Waals surface area contributed by atoms with E-state index in [4.69, 9.17) is 0 Å². The van der Waals surface area contributed by atoms with E-state index in [0.717, 1.165) is 11.8 Å². The van der Waals surface area contributed by atoms with Crippen LogP contribution in [0.3, 0.4) is 0 Å². The first-order chi connectivity index (χ1) is 9.78. The van der Waals surface area contributed by atoms with Crippen molar-refractivity contribution in [2.24, 2.45) is 11.8 Å². The Kier molecular flexibility index (Phi) is 4.63. The summed E-state index contributed by atoms with van der Waals surface area (Å²) in [7, 11) is 0. The van der Waals surface area contributed by atoms with Crippen LogP contribution >= 0.6 is 0 Å². The van der Waals surface area contributed by atoms with Gasteiger partial charge in [-0.15, -0.1) is 0 Å². The highest BCUT2D eigenvalue weighted by atomic mass is 16.0. The zero-order valence-corrected chi connectivity index (χ0v) is 13.9. The van der Waals surface area contributed by atoms with E-state index in [1.807, 2.05) is 0 Å². The van der Waals surface area contributed by atoms with Crippen molar-refractivity contribution in [3.05, 3.63) is 0 Å². The molecular formula is C18H36N2O+2. The van der Waals surface area contributed by atoms with E-state index in [1.165, 1.54) is 74.2 Å². The Labute approximate surface area is 130 Å². The maximum Gasteiger partial charge on any atom is 0.0789 e. The van der Waals surface area contributed by atoms with E-state index in [2.05, 4.69) is 0 Å². The van der Waals surface area contributed by atoms with Gasteiger partial charge in [-0.2, -0.15) is 0 Å². The Morgan fingerprint density at radius 1 is 0.524 bits per heavy atom. The Bertz CT molecular complexity index is 280. The Balaban J connectivity index is 0.00000132. The highest BCUT2D eigenvalue weighted by molar-refractivity contribution is 4.73. The molecule has 0 aromatic carbocycles. The average Bonchev–Trinajstić information content (AvgIpc) is 2.55. The third kappa shape index (κ3) is 3.16. The van der Waals surface area contributed by atoms with Crippen molar-refractivity contribution < 1.29 is 14.4 Å². The molecule has 2 N–H and O–H groups in total. The number of unbranched alkanes of at least 4 members (excludes halogenated alkanes) is 1. The number of nitrogens with zero attached hydrogens (tertiary/aromatic N) is 2. The van der Waals surface area contributed by atoms with Gasteiger partial charge in [0.1, 0.15) is 0 Å². The Morgan fingerprint density at radius 3 is 1.10 bits per heavy atom. The van der Waals surface area contributed by atoms with Crippen LogP contribution in [0.15, 0.2) is 0 Å². The SMILES string of the molecule is C(CC[N+]12CCC(CC1)CC2)C[N+]12CCC(CC1)CC2.O. The summed E-state index contributed by atoms with van der Waals surface area (Å²) in [5.74, 6) is 2.23. The Morgan fingerprint density at radius 2 is 0.810 bits per heavy atom. The molecule has 0 spiro atoms. The molecule has 6 rings (SSSR count).